The van der Waals surface area contributed by atoms with Crippen molar-refractivity contribution < 1.29 is 0 Å². The first-order valence-corrected chi connectivity index (χ1v) is 6.35. The summed E-state index contributed by atoms with van der Waals surface area (Å²) < 4.78 is 0. The lowest BCUT2D eigenvalue weighted by Crippen LogP contribution is -2.50. The normalized spacial score (nSPS) is 38.5. The minimum atomic E-state index is 0.598. The average Bonchev–Trinajstić information content (AvgIpc) is 2.16. The summed E-state index contributed by atoms with van der Waals surface area (Å²) in [5.41, 5.74) is 3.60. The molecule has 0 N–H and O–H groups in total. The quantitative estimate of drug-likeness (QED) is 0.583. The summed E-state index contributed by atoms with van der Waals surface area (Å²) >= 11 is 0. The highest BCUT2D eigenvalue weighted by molar-refractivity contribution is 5.20. The largest absolute Gasteiger partial charge is 0.0996 e. The molecular formula is C15H24. The molecule has 0 spiro atoms. The van der Waals surface area contributed by atoms with E-state index in [-0.39, 0.29) is 0 Å². The fourth-order valence-electron chi connectivity index (χ4n) is 3.61. The maximum Gasteiger partial charge on any atom is -0.0146 e. The van der Waals surface area contributed by atoms with Gasteiger partial charge in [-0.1, -0.05) is 30.7 Å². The first-order valence-electron chi connectivity index (χ1n) is 6.35. The van der Waals surface area contributed by atoms with Crippen molar-refractivity contribution in [2.75, 3.05) is 0 Å². The fourth-order valence-corrected chi connectivity index (χ4v) is 3.61. The van der Waals surface area contributed by atoms with Gasteiger partial charge < -0.3 is 0 Å². The second kappa shape index (κ2) is 3.81. The first-order chi connectivity index (χ1) is 7.04. The van der Waals surface area contributed by atoms with E-state index in [0.29, 0.717) is 5.41 Å². The Hall–Kier alpha value is -0.520. The maximum absolute atomic E-state index is 4.26. The van der Waals surface area contributed by atoms with E-state index in [2.05, 4.69) is 33.4 Å². The van der Waals surface area contributed by atoms with Gasteiger partial charge in [0.1, 0.15) is 0 Å². The minimum absolute atomic E-state index is 0.598. The predicted molar refractivity (Wildman–Crippen MR) is 66.7 cm³/mol. The highest BCUT2D eigenvalue weighted by Gasteiger charge is 2.53. The molecule has 15 heavy (non-hydrogen) atoms. The molecule has 3 atom stereocenters. The van der Waals surface area contributed by atoms with Gasteiger partial charge in [0.2, 0.25) is 0 Å². The molecular weight excluding hydrogens is 180 g/mol. The Morgan fingerprint density at radius 2 is 2.27 bits per heavy atom. The van der Waals surface area contributed by atoms with Crippen LogP contribution in [0.15, 0.2) is 23.8 Å². The lowest BCUT2D eigenvalue weighted by molar-refractivity contribution is -0.0507. The minimum Gasteiger partial charge on any atom is -0.0996 e. The van der Waals surface area contributed by atoms with Crippen LogP contribution in [0.4, 0.5) is 0 Å². The number of rotatable bonds is 3. The van der Waals surface area contributed by atoms with Crippen LogP contribution >= 0.6 is 0 Å². The molecule has 0 aromatic carbocycles. The Morgan fingerprint density at radius 1 is 1.53 bits per heavy atom. The van der Waals surface area contributed by atoms with Crippen molar-refractivity contribution >= 4 is 0 Å². The Labute approximate surface area is 94.5 Å². The third-order valence-corrected chi connectivity index (χ3v) is 4.79. The molecule has 84 valence electrons. The molecule has 0 nitrogen and oxygen atoms in total. The van der Waals surface area contributed by atoms with Gasteiger partial charge in [0.05, 0.1) is 0 Å². The lowest BCUT2D eigenvalue weighted by atomic mass is 9.45. The Balaban J connectivity index is 1.96. The van der Waals surface area contributed by atoms with E-state index in [0.717, 1.165) is 11.8 Å². The summed E-state index contributed by atoms with van der Waals surface area (Å²) in [6.45, 7) is 11.1. The zero-order valence-corrected chi connectivity index (χ0v) is 10.5. The molecule has 0 heterocycles. The van der Waals surface area contributed by atoms with E-state index in [1.54, 1.807) is 0 Å². The SMILES string of the molecule is C=C1CC[C@H]2C[C@@H]1[C@@]2(C)CCC=C(C)C. The Bertz CT molecular complexity index is 291. The smallest absolute Gasteiger partial charge is 0.0146 e. The number of hydrogen-bond donors (Lipinski definition) is 0. The van der Waals surface area contributed by atoms with Gasteiger partial charge >= 0.3 is 0 Å². The van der Waals surface area contributed by atoms with Crippen LogP contribution in [0.2, 0.25) is 0 Å². The van der Waals surface area contributed by atoms with Crippen molar-refractivity contribution in [1.29, 1.82) is 0 Å². The molecule has 0 aliphatic heterocycles. The molecule has 3 saturated carbocycles. The Morgan fingerprint density at radius 3 is 2.80 bits per heavy atom. The highest BCUT2D eigenvalue weighted by Crippen LogP contribution is 2.63. The fraction of sp³-hybridized carbons (Fsp3) is 0.733. The van der Waals surface area contributed by atoms with Gasteiger partial charge in [-0.3, -0.25) is 0 Å². The van der Waals surface area contributed by atoms with E-state index >= 15 is 0 Å². The van der Waals surface area contributed by atoms with E-state index in [1.807, 2.05) is 0 Å². The molecule has 0 unspecified atom stereocenters. The topological polar surface area (TPSA) is 0 Å². The highest BCUT2D eigenvalue weighted by atomic mass is 14.6. The van der Waals surface area contributed by atoms with Gasteiger partial charge in [0.25, 0.3) is 0 Å². The molecule has 3 rings (SSSR count). The van der Waals surface area contributed by atoms with E-state index < -0.39 is 0 Å². The van der Waals surface area contributed by atoms with Gasteiger partial charge in [0.15, 0.2) is 0 Å². The summed E-state index contributed by atoms with van der Waals surface area (Å²) in [4.78, 5) is 0. The average molecular weight is 204 g/mol. The van der Waals surface area contributed by atoms with Crippen LogP contribution in [0.1, 0.15) is 52.9 Å². The lowest BCUT2D eigenvalue weighted by Gasteiger charge is -2.59. The maximum atomic E-state index is 4.26. The molecule has 0 radical (unpaired) electrons. The summed E-state index contributed by atoms with van der Waals surface area (Å²) in [5.74, 6) is 1.85. The molecule has 0 saturated heterocycles. The number of allylic oxidation sites excluding steroid dienone is 3. The van der Waals surface area contributed by atoms with Crippen LogP contribution in [0.25, 0.3) is 0 Å². The van der Waals surface area contributed by atoms with Gasteiger partial charge in [-0.2, -0.15) is 0 Å². The summed E-state index contributed by atoms with van der Waals surface area (Å²) in [6.07, 6.45) is 9.16. The van der Waals surface area contributed by atoms with E-state index in [1.165, 1.54) is 43.3 Å². The summed E-state index contributed by atoms with van der Waals surface area (Å²) in [5, 5.41) is 0. The van der Waals surface area contributed by atoms with Crippen molar-refractivity contribution in [3.63, 3.8) is 0 Å². The third kappa shape index (κ3) is 1.79. The van der Waals surface area contributed by atoms with Crippen LogP contribution in [0.5, 0.6) is 0 Å². The standard InChI is InChI=1S/C15H24/c1-11(2)6-5-9-15(4)13-8-7-12(3)14(15)10-13/h6,13-14H,3,5,7-10H2,1-2,4H3/t13-,14-,15-/m0/s1. The molecule has 3 aliphatic carbocycles. The molecule has 2 bridgehead atoms. The van der Waals surface area contributed by atoms with Gasteiger partial charge in [0, 0.05) is 0 Å². The zero-order chi connectivity index (χ0) is 11.1. The van der Waals surface area contributed by atoms with Crippen molar-refractivity contribution in [2.45, 2.75) is 52.9 Å². The van der Waals surface area contributed by atoms with Crippen molar-refractivity contribution in [3.8, 4) is 0 Å². The second-order valence-electron chi connectivity index (χ2n) is 6.01. The predicted octanol–water partition coefficient (Wildman–Crippen LogP) is 4.73. The van der Waals surface area contributed by atoms with E-state index in [9.17, 15) is 0 Å². The van der Waals surface area contributed by atoms with Gasteiger partial charge in [-0.25, -0.2) is 0 Å². The third-order valence-electron chi connectivity index (χ3n) is 4.79. The van der Waals surface area contributed by atoms with Crippen LogP contribution in [0, 0.1) is 17.3 Å². The first kappa shape index (κ1) is 11.0. The van der Waals surface area contributed by atoms with Crippen LogP contribution < -0.4 is 0 Å². The Kier molecular flexibility index (Phi) is 2.79. The molecule has 0 aromatic rings. The monoisotopic (exact) mass is 204 g/mol. The molecule has 3 aliphatic rings. The van der Waals surface area contributed by atoms with E-state index in [4.69, 9.17) is 0 Å². The van der Waals surface area contributed by atoms with Crippen molar-refractivity contribution in [3.05, 3.63) is 23.8 Å². The summed E-state index contributed by atoms with van der Waals surface area (Å²) in [7, 11) is 0. The molecule has 0 amide bonds. The zero-order valence-electron chi connectivity index (χ0n) is 10.5. The second-order valence-corrected chi connectivity index (χ2v) is 6.01. The molecule has 3 fully saturated rings. The molecule has 0 aromatic heterocycles. The van der Waals surface area contributed by atoms with Gasteiger partial charge in [-0.05, 0) is 63.2 Å². The van der Waals surface area contributed by atoms with Crippen molar-refractivity contribution in [1.82, 2.24) is 0 Å². The summed E-state index contributed by atoms with van der Waals surface area (Å²) in [6, 6.07) is 0. The number of fused-ring (bicyclic) bond motifs is 2. The van der Waals surface area contributed by atoms with Crippen LogP contribution in [-0.2, 0) is 0 Å². The molecule has 0 heteroatoms. The number of hydrogen-bond acceptors (Lipinski definition) is 0. The van der Waals surface area contributed by atoms with Crippen molar-refractivity contribution in [2.24, 2.45) is 17.3 Å². The van der Waals surface area contributed by atoms with Crippen LogP contribution in [0.3, 0.4) is 0 Å². The van der Waals surface area contributed by atoms with Gasteiger partial charge in [-0.15, -0.1) is 0 Å². The van der Waals surface area contributed by atoms with Crippen LogP contribution in [-0.4, -0.2) is 0 Å².